The van der Waals surface area contributed by atoms with Crippen molar-refractivity contribution in [3.8, 4) is 11.3 Å². The number of rotatable bonds is 4. The maximum Gasteiger partial charge on any atom is 0.129 e. The van der Waals surface area contributed by atoms with Crippen LogP contribution in [0.25, 0.3) is 11.3 Å². The zero-order valence-electron chi connectivity index (χ0n) is 16.1. The molecular formula is C21H25N7. The van der Waals surface area contributed by atoms with Crippen LogP contribution in [-0.4, -0.2) is 38.5 Å². The zero-order chi connectivity index (χ0) is 19.5. The summed E-state index contributed by atoms with van der Waals surface area (Å²) < 4.78 is 1.73. The van der Waals surface area contributed by atoms with Gasteiger partial charge in [-0.25, -0.2) is 4.98 Å². The van der Waals surface area contributed by atoms with Gasteiger partial charge < -0.3 is 10.6 Å². The second-order valence-corrected chi connectivity index (χ2v) is 7.22. The molecule has 1 fully saturated rings. The summed E-state index contributed by atoms with van der Waals surface area (Å²) in [5, 5.41) is 12.9. The summed E-state index contributed by atoms with van der Waals surface area (Å²) in [6.07, 6.45) is 10.2. The molecule has 0 bridgehead atoms. The molecule has 1 aliphatic rings. The number of nitrogens with zero attached hydrogens (tertiary/aromatic N) is 5. The fourth-order valence-corrected chi connectivity index (χ4v) is 3.57. The van der Waals surface area contributed by atoms with Gasteiger partial charge in [-0.2, -0.15) is 5.10 Å². The van der Waals surface area contributed by atoms with Gasteiger partial charge in [0.15, 0.2) is 0 Å². The molecule has 3 N–H and O–H groups in total. The van der Waals surface area contributed by atoms with E-state index in [1.807, 2.05) is 37.5 Å². The van der Waals surface area contributed by atoms with Crippen LogP contribution in [0, 0.1) is 5.41 Å². The van der Waals surface area contributed by atoms with Crippen LogP contribution in [0.4, 0.5) is 11.5 Å². The Bertz CT molecular complexity index is 984. The number of nitrogens with one attached hydrogen (secondary N) is 1. The van der Waals surface area contributed by atoms with Gasteiger partial charge in [0.05, 0.1) is 35.2 Å². The molecule has 0 aromatic carbocycles. The van der Waals surface area contributed by atoms with Gasteiger partial charge in [-0.15, -0.1) is 0 Å². The predicted molar refractivity (Wildman–Crippen MR) is 112 cm³/mol. The molecule has 0 atom stereocenters. The first-order valence-corrected chi connectivity index (χ1v) is 9.67. The van der Waals surface area contributed by atoms with E-state index in [2.05, 4.69) is 15.0 Å². The van der Waals surface area contributed by atoms with Crippen molar-refractivity contribution in [2.45, 2.75) is 25.7 Å². The Hall–Kier alpha value is -3.22. The van der Waals surface area contributed by atoms with Crippen LogP contribution >= 0.6 is 0 Å². The number of aromatic nitrogens is 4. The summed E-state index contributed by atoms with van der Waals surface area (Å²) in [6.45, 7) is 2.04. The fourth-order valence-electron chi connectivity index (χ4n) is 3.57. The van der Waals surface area contributed by atoms with Gasteiger partial charge in [0.25, 0.3) is 0 Å². The summed E-state index contributed by atoms with van der Waals surface area (Å²) in [5.74, 6) is 0.935. The second kappa shape index (κ2) is 7.80. The molecule has 0 saturated carbocycles. The van der Waals surface area contributed by atoms with Gasteiger partial charge in [-0.3, -0.25) is 15.1 Å². The standard InChI is InChI=1S/C21H25N7/c1-27-14-15(12-25-27)19-11-16(17(22)13-24-19)21(23)18-7-6-8-20(26-18)28-9-4-2-3-5-10-28/h6-8,11-14,23H,2-5,9-10,22H2,1H3. The number of pyridine rings is 2. The largest absolute Gasteiger partial charge is 0.397 e. The van der Waals surface area contributed by atoms with Crippen LogP contribution in [0.1, 0.15) is 36.9 Å². The monoisotopic (exact) mass is 375 g/mol. The third kappa shape index (κ3) is 3.74. The minimum Gasteiger partial charge on any atom is -0.397 e. The van der Waals surface area contributed by atoms with Crippen LogP contribution in [0.15, 0.2) is 42.9 Å². The van der Waals surface area contributed by atoms with Crippen LogP contribution in [-0.2, 0) is 7.05 Å². The lowest BCUT2D eigenvalue weighted by Crippen LogP contribution is -2.25. The lowest BCUT2D eigenvalue weighted by atomic mass is 10.0. The Morgan fingerprint density at radius 1 is 1.11 bits per heavy atom. The SMILES string of the molecule is Cn1cc(-c2cc(C(=N)c3cccc(N4CCCCCC4)n3)c(N)cn2)cn1. The van der Waals surface area contributed by atoms with Crippen LogP contribution in [0.2, 0.25) is 0 Å². The first kappa shape index (κ1) is 18.2. The summed E-state index contributed by atoms with van der Waals surface area (Å²) >= 11 is 0. The lowest BCUT2D eigenvalue weighted by Gasteiger charge is -2.22. The average Bonchev–Trinajstić information content (AvgIpc) is 2.98. The molecule has 0 radical (unpaired) electrons. The summed E-state index contributed by atoms with van der Waals surface area (Å²) in [6, 6.07) is 7.71. The van der Waals surface area contributed by atoms with E-state index < -0.39 is 0 Å². The highest BCUT2D eigenvalue weighted by Crippen LogP contribution is 2.24. The van der Waals surface area contributed by atoms with Gasteiger partial charge in [-0.05, 0) is 31.0 Å². The molecule has 4 rings (SSSR count). The molecule has 144 valence electrons. The topological polar surface area (TPSA) is 96.7 Å². The normalized spacial score (nSPS) is 14.7. The number of aryl methyl sites for hydroxylation is 1. The maximum atomic E-state index is 8.72. The molecule has 1 saturated heterocycles. The van der Waals surface area contributed by atoms with E-state index >= 15 is 0 Å². The highest BCUT2D eigenvalue weighted by molar-refractivity contribution is 6.13. The van der Waals surface area contributed by atoms with Crippen molar-refractivity contribution in [2.24, 2.45) is 7.05 Å². The Morgan fingerprint density at radius 3 is 2.61 bits per heavy atom. The minimum atomic E-state index is 0.307. The van der Waals surface area contributed by atoms with Gasteiger partial charge in [0.1, 0.15) is 5.82 Å². The molecule has 28 heavy (non-hydrogen) atoms. The Balaban J connectivity index is 1.65. The third-order valence-corrected chi connectivity index (χ3v) is 5.13. The van der Waals surface area contributed by atoms with Crippen LogP contribution < -0.4 is 10.6 Å². The van der Waals surface area contributed by atoms with E-state index in [1.165, 1.54) is 25.7 Å². The van der Waals surface area contributed by atoms with Crippen molar-refractivity contribution < 1.29 is 0 Å². The van der Waals surface area contributed by atoms with Gasteiger partial charge in [-0.1, -0.05) is 18.9 Å². The summed E-state index contributed by atoms with van der Waals surface area (Å²) in [4.78, 5) is 11.5. The molecule has 0 spiro atoms. The molecular weight excluding hydrogens is 350 g/mol. The molecule has 0 unspecified atom stereocenters. The van der Waals surface area contributed by atoms with Gasteiger partial charge in [0.2, 0.25) is 0 Å². The average molecular weight is 375 g/mol. The molecule has 0 aliphatic carbocycles. The number of anilines is 2. The highest BCUT2D eigenvalue weighted by Gasteiger charge is 2.16. The van der Waals surface area contributed by atoms with Crippen molar-refractivity contribution in [1.29, 1.82) is 5.41 Å². The second-order valence-electron chi connectivity index (χ2n) is 7.22. The van der Waals surface area contributed by atoms with Gasteiger partial charge >= 0.3 is 0 Å². The van der Waals surface area contributed by atoms with E-state index in [1.54, 1.807) is 17.1 Å². The number of nitrogen functional groups attached to an aromatic ring is 1. The number of nitrogens with two attached hydrogens (primary N) is 1. The smallest absolute Gasteiger partial charge is 0.129 e. The molecule has 7 heteroatoms. The predicted octanol–water partition coefficient (Wildman–Crippen LogP) is 3.26. The first-order valence-electron chi connectivity index (χ1n) is 9.67. The number of hydrogen-bond acceptors (Lipinski definition) is 6. The summed E-state index contributed by atoms with van der Waals surface area (Å²) in [7, 11) is 1.86. The lowest BCUT2D eigenvalue weighted by molar-refractivity contribution is 0.726. The molecule has 0 amide bonds. The van der Waals surface area contributed by atoms with Crippen LogP contribution in [0.3, 0.4) is 0 Å². The molecule has 7 nitrogen and oxygen atoms in total. The number of hydrogen-bond donors (Lipinski definition) is 2. The third-order valence-electron chi connectivity index (χ3n) is 5.13. The van der Waals surface area contributed by atoms with Crippen LogP contribution in [0.5, 0.6) is 0 Å². The van der Waals surface area contributed by atoms with Crippen molar-refractivity contribution >= 4 is 17.2 Å². The van der Waals surface area contributed by atoms with E-state index in [-0.39, 0.29) is 0 Å². The highest BCUT2D eigenvalue weighted by atomic mass is 15.2. The van der Waals surface area contributed by atoms with Crippen molar-refractivity contribution in [3.05, 3.63) is 54.1 Å². The minimum absolute atomic E-state index is 0.307. The van der Waals surface area contributed by atoms with E-state index in [0.29, 0.717) is 22.7 Å². The maximum absolute atomic E-state index is 8.72. The van der Waals surface area contributed by atoms with Crippen molar-refractivity contribution in [2.75, 3.05) is 23.7 Å². The Labute approximate surface area is 164 Å². The van der Waals surface area contributed by atoms with Gasteiger partial charge in [0, 0.05) is 37.5 Å². The molecule has 3 aromatic heterocycles. The fraction of sp³-hybridized carbons (Fsp3) is 0.333. The summed E-state index contributed by atoms with van der Waals surface area (Å²) in [5.41, 5.74) is 9.82. The van der Waals surface area contributed by atoms with E-state index in [0.717, 1.165) is 30.2 Å². The Morgan fingerprint density at radius 2 is 1.89 bits per heavy atom. The first-order chi connectivity index (χ1) is 13.6. The molecule has 4 heterocycles. The van der Waals surface area contributed by atoms with E-state index in [9.17, 15) is 0 Å². The molecule has 1 aliphatic heterocycles. The van der Waals surface area contributed by atoms with Crippen molar-refractivity contribution in [3.63, 3.8) is 0 Å². The quantitative estimate of drug-likeness (QED) is 0.682. The zero-order valence-corrected chi connectivity index (χ0v) is 16.1. The molecule has 3 aromatic rings. The Kier molecular flexibility index (Phi) is 5.06. The van der Waals surface area contributed by atoms with Crippen molar-refractivity contribution in [1.82, 2.24) is 19.7 Å². The van der Waals surface area contributed by atoms with E-state index in [4.69, 9.17) is 16.1 Å².